The fourth-order valence-corrected chi connectivity index (χ4v) is 2.75. The number of hydrogen-bond donors (Lipinski definition) is 0. The summed E-state index contributed by atoms with van der Waals surface area (Å²) >= 11 is 0. The third kappa shape index (κ3) is 17.8. The highest BCUT2D eigenvalue weighted by Crippen LogP contribution is 2.12. The first-order chi connectivity index (χ1) is 12.3. The van der Waals surface area contributed by atoms with Crippen molar-refractivity contribution in [3.8, 4) is 0 Å². The number of carbonyl (C=O) groups excluding carboxylic acids is 2. The van der Waals surface area contributed by atoms with E-state index in [1.807, 2.05) is 6.92 Å². The van der Waals surface area contributed by atoms with Crippen LogP contribution in [0.2, 0.25) is 0 Å². The van der Waals surface area contributed by atoms with Crippen LogP contribution in [0.4, 0.5) is 0 Å². The van der Waals surface area contributed by atoms with E-state index in [2.05, 4.69) is 27.7 Å². The summed E-state index contributed by atoms with van der Waals surface area (Å²) in [5.41, 5.74) is 0. The largest absolute Gasteiger partial charge is 0.466 e. The summed E-state index contributed by atoms with van der Waals surface area (Å²) in [4.78, 5) is 23.4. The molecule has 154 valence electrons. The zero-order valence-corrected chi connectivity index (χ0v) is 17.9. The highest BCUT2D eigenvalue weighted by Gasteiger charge is 2.11. The van der Waals surface area contributed by atoms with Crippen molar-refractivity contribution in [1.29, 1.82) is 0 Å². The van der Waals surface area contributed by atoms with E-state index in [1.165, 1.54) is 25.7 Å². The van der Waals surface area contributed by atoms with Crippen molar-refractivity contribution in [1.82, 2.24) is 0 Å². The van der Waals surface area contributed by atoms with Gasteiger partial charge >= 0.3 is 11.9 Å². The van der Waals surface area contributed by atoms with Crippen LogP contribution in [-0.4, -0.2) is 24.6 Å². The molecule has 0 aliphatic rings. The van der Waals surface area contributed by atoms with Gasteiger partial charge in [0.15, 0.2) is 0 Å². The van der Waals surface area contributed by atoms with Crippen LogP contribution >= 0.6 is 0 Å². The van der Waals surface area contributed by atoms with Crippen LogP contribution in [0.1, 0.15) is 105 Å². The number of ether oxygens (including phenoxy) is 2. The highest BCUT2D eigenvalue weighted by atomic mass is 16.6. The molecule has 0 saturated heterocycles. The second kappa shape index (κ2) is 16.1. The van der Waals surface area contributed by atoms with Gasteiger partial charge in [-0.25, -0.2) is 0 Å². The fraction of sp³-hybridized carbons (Fsp3) is 0.909. The Morgan fingerprint density at radius 1 is 0.654 bits per heavy atom. The lowest BCUT2D eigenvalue weighted by atomic mass is 10.0. The molecule has 0 aliphatic heterocycles. The standard InChI is InChI=1S/C22H42O4/c1-18(2)12-8-6-10-14-21(23)25-17-16-20(5)26-22(24)15-11-7-9-13-19(3)4/h18-20H,6-17H2,1-5H3. The van der Waals surface area contributed by atoms with Crippen LogP contribution in [0, 0.1) is 11.8 Å². The fourth-order valence-electron chi connectivity index (χ4n) is 2.75. The molecule has 0 aromatic rings. The zero-order valence-electron chi connectivity index (χ0n) is 17.9. The maximum Gasteiger partial charge on any atom is 0.306 e. The molecule has 0 radical (unpaired) electrons. The topological polar surface area (TPSA) is 52.6 Å². The first-order valence-corrected chi connectivity index (χ1v) is 10.7. The molecular formula is C22H42O4. The zero-order chi connectivity index (χ0) is 19.8. The smallest absolute Gasteiger partial charge is 0.306 e. The van der Waals surface area contributed by atoms with E-state index in [4.69, 9.17) is 9.47 Å². The third-order valence-electron chi connectivity index (χ3n) is 4.44. The van der Waals surface area contributed by atoms with Gasteiger partial charge in [0.1, 0.15) is 6.10 Å². The second-order valence-electron chi connectivity index (χ2n) is 8.30. The number of rotatable bonds is 16. The summed E-state index contributed by atoms with van der Waals surface area (Å²) in [7, 11) is 0. The highest BCUT2D eigenvalue weighted by molar-refractivity contribution is 5.69. The Morgan fingerprint density at radius 2 is 1.15 bits per heavy atom. The maximum absolute atomic E-state index is 11.8. The summed E-state index contributed by atoms with van der Waals surface area (Å²) in [5.74, 6) is 1.17. The van der Waals surface area contributed by atoms with Crippen LogP contribution in [0.25, 0.3) is 0 Å². The predicted octanol–water partition coefficient (Wildman–Crippen LogP) is 6.06. The summed E-state index contributed by atoms with van der Waals surface area (Å²) in [6, 6.07) is 0. The molecule has 0 fully saturated rings. The van der Waals surface area contributed by atoms with Crippen molar-refractivity contribution in [2.75, 3.05) is 6.61 Å². The van der Waals surface area contributed by atoms with E-state index >= 15 is 0 Å². The van der Waals surface area contributed by atoms with Crippen LogP contribution < -0.4 is 0 Å². The quantitative estimate of drug-likeness (QED) is 0.245. The molecule has 0 aliphatic carbocycles. The van der Waals surface area contributed by atoms with Crippen LogP contribution in [0.15, 0.2) is 0 Å². The molecule has 4 heteroatoms. The van der Waals surface area contributed by atoms with Crippen molar-refractivity contribution >= 4 is 11.9 Å². The number of esters is 2. The van der Waals surface area contributed by atoms with Gasteiger partial charge in [0.25, 0.3) is 0 Å². The number of unbranched alkanes of at least 4 members (excludes halogenated alkanes) is 4. The molecule has 0 aromatic carbocycles. The van der Waals surface area contributed by atoms with Crippen molar-refractivity contribution in [2.45, 2.75) is 111 Å². The van der Waals surface area contributed by atoms with Gasteiger partial charge in [-0.05, 0) is 31.6 Å². The molecular weight excluding hydrogens is 328 g/mol. The number of hydrogen-bond acceptors (Lipinski definition) is 4. The molecule has 0 bridgehead atoms. The lowest BCUT2D eigenvalue weighted by Gasteiger charge is -2.13. The SMILES string of the molecule is CC(C)CCCCCC(=O)OCCC(C)OC(=O)CCCCCC(C)C. The second-order valence-corrected chi connectivity index (χ2v) is 8.30. The summed E-state index contributed by atoms with van der Waals surface area (Å²) < 4.78 is 10.6. The lowest BCUT2D eigenvalue weighted by molar-refractivity contribution is -0.150. The predicted molar refractivity (Wildman–Crippen MR) is 107 cm³/mol. The molecule has 0 saturated carbocycles. The van der Waals surface area contributed by atoms with E-state index in [-0.39, 0.29) is 18.0 Å². The Kier molecular flexibility index (Phi) is 15.5. The molecule has 1 atom stereocenters. The van der Waals surface area contributed by atoms with Gasteiger partial charge in [0.05, 0.1) is 6.61 Å². The number of carbonyl (C=O) groups is 2. The van der Waals surface area contributed by atoms with E-state index in [0.29, 0.717) is 25.9 Å². The minimum absolute atomic E-state index is 0.140. The summed E-state index contributed by atoms with van der Waals surface area (Å²) in [5, 5.41) is 0. The normalized spacial score (nSPS) is 12.4. The summed E-state index contributed by atoms with van der Waals surface area (Å²) in [6.45, 7) is 11.1. The molecule has 0 heterocycles. The first-order valence-electron chi connectivity index (χ1n) is 10.7. The van der Waals surface area contributed by atoms with Gasteiger partial charge in [-0.2, -0.15) is 0 Å². The Balaban J connectivity index is 3.55. The van der Waals surface area contributed by atoms with Gasteiger partial charge in [-0.3, -0.25) is 9.59 Å². The Morgan fingerprint density at radius 3 is 1.65 bits per heavy atom. The first kappa shape index (κ1) is 24.9. The van der Waals surface area contributed by atoms with Gasteiger partial charge in [0.2, 0.25) is 0 Å². The van der Waals surface area contributed by atoms with E-state index in [0.717, 1.165) is 37.5 Å². The van der Waals surface area contributed by atoms with Crippen molar-refractivity contribution < 1.29 is 19.1 Å². The minimum Gasteiger partial charge on any atom is -0.466 e. The molecule has 0 amide bonds. The Bertz CT molecular complexity index is 363. The molecule has 26 heavy (non-hydrogen) atoms. The average molecular weight is 371 g/mol. The Hall–Kier alpha value is -1.06. The Labute approximate surface area is 161 Å². The minimum atomic E-state index is -0.197. The van der Waals surface area contributed by atoms with E-state index in [1.54, 1.807) is 0 Å². The van der Waals surface area contributed by atoms with Crippen LogP contribution in [0.3, 0.4) is 0 Å². The lowest BCUT2D eigenvalue weighted by Crippen LogP contribution is -2.18. The average Bonchev–Trinajstić information content (AvgIpc) is 2.53. The van der Waals surface area contributed by atoms with Crippen molar-refractivity contribution in [2.24, 2.45) is 11.8 Å². The molecule has 4 nitrogen and oxygen atoms in total. The maximum atomic E-state index is 11.8. The molecule has 1 unspecified atom stereocenters. The van der Waals surface area contributed by atoms with E-state index < -0.39 is 0 Å². The molecule has 0 aromatic heterocycles. The monoisotopic (exact) mass is 370 g/mol. The van der Waals surface area contributed by atoms with Gasteiger partial charge in [0, 0.05) is 19.3 Å². The van der Waals surface area contributed by atoms with Gasteiger partial charge in [-0.1, -0.05) is 66.2 Å². The molecule has 0 spiro atoms. The molecule has 0 N–H and O–H groups in total. The van der Waals surface area contributed by atoms with Gasteiger partial charge in [-0.15, -0.1) is 0 Å². The van der Waals surface area contributed by atoms with Crippen molar-refractivity contribution in [3.05, 3.63) is 0 Å². The van der Waals surface area contributed by atoms with Crippen LogP contribution in [-0.2, 0) is 19.1 Å². The third-order valence-corrected chi connectivity index (χ3v) is 4.44. The summed E-state index contributed by atoms with van der Waals surface area (Å²) in [6.07, 6.45) is 10.1. The van der Waals surface area contributed by atoms with E-state index in [9.17, 15) is 9.59 Å². The van der Waals surface area contributed by atoms with Gasteiger partial charge < -0.3 is 9.47 Å². The van der Waals surface area contributed by atoms with Crippen molar-refractivity contribution in [3.63, 3.8) is 0 Å². The molecule has 0 rings (SSSR count). The van der Waals surface area contributed by atoms with Crippen LogP contribution in [0.5, 0.6) is 0 Å².